The highest BCUT2D eigenvalue weighted by Crippen LogP contribution is 2.14. The highest BCUT2D eigenvalue weighted by molar-refractivity contribution is 5.85. The number of nitrogens with zero attached hydrogens (tertiary/aromatic N) is 2. The molecule has 0 unspecified atom stereocenters. The van der Waals surface area contributed by atoms with Gasteiger partial charge in [0.15, 0.2) is 0 Å². The van der Waals surface area contributed by atoms with E-state index in [1.54, 1.807) is 6.92 Å². The molecule has 2 rings (SSSR count). The molecular weight excluding hydrogens is 204 g/mol. The zero-order valence-corrected chi connectivity index (χ0v) is 9.42. The van der Waals surface area contributed by atoms with Gasteiger partial charge in [0.1, 0.15) is 0 Å². The fraction of sp³-hybridized carbons (Fsp3) is 0.545. The minimum atomic E-state index is -0.154. The summed E-state index contributed by atoms with van der Waals surface area (Å²) in [6.07, 6.45) is 5.79. The molecule has 0 aromatic carbocycles. The van der Waals surface area contributed by atoms with Crippen molar-refractivity contribution in [3.05, 3.63) is 22.1 Å². The Morgan fingerprint density at radius 2 is 2.12 bits per heavy atom. The Labute approximate surface area is 94.0 Å². The summed E-state index contributed by atoms with van der Waals surface area (Å²) >= 11 is 0. The van der Waals surface area contributed by atoms with Gasteiger partial charge in [0.05, 0.1) is 0 Å². The fourth-order valence-corrected chi connectivity index (χ4v) is 1.84. The van der Waals surface area contributed by atoms with E-state index in [2.05, 4.69) is 20.5 Å². The summed E-state index contributed by atoms with van der Waals surface area (Å²) in [6, 6.07) is 1.46. The number of aromatic nitrogens is 2. The molecule has 0 aliphatic heterocycles. The van der Waals surface area contributed by atoms with Crippen molar-refractivity contribution < 1.29 is 0 Å². The predicted molar refractivity (Wildman–Crippen MR) is 63.7 cm³/mol. The maximum Gasteiger partial charge on any atom is 0.252 e. The number of rotatable bonds is 2. The first kappa shape index (κ1) is 10.9. The summed E-state index contributed by atoms with van der Waals surface area (Å²) in [6.45, 7) is 1.79. The third-order valence-electron chi connectivity index (χ3n) is 2.62. The van der Waals surface area contributed by atoms with E-state index in [1.807, 2.05) is 0 Å². The third-order valence-corrected chi connectivity index (χ3v) is 2.62. The van der Waals surface area contributed by atoms with Crippen LogP contribution in [0.5, 0.6) is 0 Å². The van der Waals surface area contributed by atoms with E-state index in [1.165, 1.54) is 25.3 Å². The van der Waals surface area contributed by atoms with Crippen molar-refractivity contribution in [2.24, 2.45) is 5.10 Å². The second-order valence-corrected chi connectivity index (χ2v) is 4.09. The molecule has 0 amide bonds. The summed E-state index contributed by atoms with van der Waals surface area (Å²) < 4.78 is 0. The second-order valence-electron chi connectivity index (χ2n) is 4.09. The van der Waals surface area contributed by atoms with E-state index in [9.17, 15) is 4.79 Å². The van der Waals surface area contributed by atoms with E-state index in [4.69, 9.17) is 0 Å². The lowest BCUT2D eigenvalue weighted by Crippen LogP contribution is -2.12. The Morgan fingerprint density at radius 1 is 1.38 bits per heavy atom. The molecule has 1 heterocycles. The van der Waals surface area contributed by atoms with Crippen LogP contribution in [0.15, 0.2) is 16.0 Å². The molecule has 1 fully saturated rings. The van der Waals surface area contributed by atoms with Gasteiger partial charge in [-0.15, -0.1) is 0 Å². The van der Waals surface area contributed by atoms with Crippen LogP contribution < -0.4 is 11.0 Å². The highest BCUT2D eigenvalue weighted by Gasteiger charge is 2.06. The number of hydrogen-bond acceptors (Lipinski definition) is 4. The topological polar surface area (TPSA) is 70.1 Å². The molecule has 0 saturated heterocycles. The molecule has 0 atom stereocenters. The lowest BCUT2D eigenvalue weighted by molar-refractivity contribution is 0.665. The summed E-state index contributed by atoms with van der Waals surface area (Å²) in [4.78, 5) is 17.9. The normalized spacial score (nSPS) is 15.9. The number of nitrogens with one attached hydrogen (secondary N) is 2. The summed E-state index contributed by atoms with van der Waals surface area (Å²) in [5.41, 5.74) is 4.52. The van der Waals surface area contributed by atoms with Crippen LogP contribution in [0.3, 0.4) is 0 Å². The first-order chi connectivity index (χ1) is 7.74. The van der Waals surface area contributed by atoms with Crippen LogP contribution in [0.1, 0.15) is 37.8 Å². The van der Waals surface area contributed by atoms with Gasteiger partial charge in [-0.05, 0) is 32.6 Å². The molecule has 86 valence electrons. The van der Waals surface area contributed by atoms with Crippen LogP contribution in [0.25, 0.3) is 0 Å². The second kappa shape index (κ2) is 4.92. The van der Waals surface area contributed by atoms with Gasteiger partial charge >= 0.3 is 0 Å². The predicted octanol–water partition coefficient (Wildman–Crippen LogP) is 1.81. The van der Waals surface area contributed by atoms with Gasteiger partial charge in [-0.2, -0.15) is 5.10 Å². The van der Waals surface area contributed by atoms with E-state index in [0.29, 0.717) is 11.6 Å². The molecule has 5 nitrogen and oxygen atoms in total. The average molecular weight is 220 g/mol. The molecule has 2 N–H and O–H groups in total. The first-order valence-electron chi connectivity index (χ1n) is 5.63. The molecule has 0 spiro atoms. The van der Waals surface area contributed by atoms with Crippen molar-refractivity contribution in [1.29, 1.82) is 0 Å². The number of H-pyrrole nitrogens is 1. The van der Waals surface area contributed by atoms with Crippen LogP contribution in [-0.4, -0.2) is 15.7 Å². The zero-order chi connectivity index (χ0) is 11.4. The minimum absolute atomic E-state index is 0.154. The van der Waals surface area contributed by atoms with Crippen molar-refractivity contribution in [2.45, 2.75) is 39.0 Å². The Hall–Kier alpha value is -1.65. The average Bonchev–Trinajstić information content (AvgIpc) is 2.27. The van der Waals surface area contributed by atoms with Gasteiger partial charge < -0.3 is 0 Å². The summed E-state index contributed by atoms with van der Waals surface area (Å²) in [5.74, 6) is 0.420. The van der Waals surface area contributed by atoms with Crippen LogP contribution in [0.2, 0.25) is 0 Å². The molecule has 0 radical (unpaired) electrons. The van der Waals surface area contributed by atoms with Crippen LogP contribution >= 0.6 is 0 Å². The molecule has 1 aromatic heterocycles. The maximum absolute atomic E-state index is 11.2. The summed E-state index contributed by atoms with van der Waals surface area (Å²) in [7, 11) is 0. The Morgan fingerprint density at radius 3 is 2.81 bits per heavy atom. The molecular formula is C11H16N4O. The Kier molecular flexibility index (Phi) is 3.34. The molecule has 5 heteroatoms. The van der Waals surface area contributed by atoms with Gasteiger partial charge in [-0.25, -0.2) is 10.4 Å². The highest BCUT2D eigenvalue weighted by atomic mass is 16.1. The lowest BCUT2D eigenvalue weighted by atomic mass is 9.99. The molecule has 0 bridgehead atoms. The van der Waals surface area contributed by atoms with Crippen molar-refractivity contribution >= 4 is 11.7 Å². The van der Waals surface area contributed by atoms with E-state index in [0.717, 1.165) is 18.6 Å². The first-order valence-corrected chi connectivity index (χ1v) is 5.63. The molecule has 16 heavy (non-hydrogen) atoms. The Balaban J connectivity index is 2.05. The van der Waals surface area contributed by atoms with Crippen molar-refractivity contribution in [3.63, 3.8) is 0 Å². The van der Waals surface area contributed by atoms with Gasteiger partial charge in [-0.1, -0.05) is 6.42 Å². The van der Waals surface area contributed by atoms with Crippen LogP contribution in [-0.2, 0) is 0 Å². The van der Waals surface area contributed by atoms with Gasteiger partial charge in [0.2, 0.25) is 5.95 Å². The monoisotopic (exact) mass is 220 g/mol. The molecule has 1 saturated carbocycles. The maximum atomic E-state index is 11.2. The van der Waals surface area contributed by atoms with Gasteiger partial charge in [-0.3, -0.25) is 9.78 Å². The molecule has 1 aromatic rings. The summed E-state index contributed by atoms with van der Waals surface area (Å²) in [5, 5.41) is 4.27. The lowest BCUT2D eigenvalue weighted by Gasteiger charge is -2.12. The van der Waals surface area contributed by atoms with E-state index < -0.39 is 0 Å². The van der Waals surface area contributed by atoms with E-state index >= 15 is 0 Å². The Bertz CT molecular complexity index is 442. The smallest absolute Gasteiger partial charge is 0.252 e. The van der Waals surface area contributed by atoms with Crippen LogP contribution in [0, 0.1) is 6.92 Å². The molecule has 1 aliphatic carbocycles. The SMILES string of the molecule is Cc1cc(=O)[nH]c(NN=C2CCCCC2)n1. The van der Waals surface area contributed by atoms with Crippen molar-refractivity contribution in [3.8, 4) is 0 Å². The number of hydrazone groups is 1. The minimum Gasteiger partial charge on any atom is -0.291 e. The number of aromatic amines is 1. The molecule has 1 aliphatic rings. The number of aryl methyl sites for hydroxylation is 1. The fourth-order valence-electron chi connectivity index (χ4n) is 1.84. The number of hydrogen-bond donors (Lipinski definition) is 2. The van der Waals surface area contributed by atoms with Crippen molar-refractivity contribution in [1.82, 2.24) is 9.97 Å². The standard InChI is InChI=1S/C11H16N4O/c1-8-7-10(16)13-11(12-8)15-14-9-5-3-2-4-6-9/h7H,2-6H2,1H3,(H2,12,13,15,16). The third kappa shape index (κ3) is 2.92. The van der Waals surface area contributed by atoms with Crippen LogP contribution in [0.4, 0.5) is 5.95 Å². The zero-order valence-electron chi connectivity index (χ0n) is 9.42. The van der Waals surface area contributed by atoms with E-state index in [-0.39, 0.29) is 5.56 Å². The quantitative estimate of drug-likeness (QED) is 0.747. The van der Waals surface area contributed by atoms with Crippen molar-refractivity contribution in [2.75, 3.05) is 5.43 Å². The largest absolute Gasteiger partial charge is 0.291 e. The van der Waals surface area contributed by atoms with Gasteiger partial charge in [0.25, 0.3) is 5.56 Å². The van der Waals surface area contributed by atoms with Gasteiger partial charge in [0, 0.05) is 17.5 Å². The number of anilines is 1.